The number of rotatable bonds is 2. The van der Waals surface area contributed by atoms with Crippen LogP contribution >= 0.6 is 0 Å². The third-order valence-corrected chi connectivity index (χ3v) is 1.11. The van der Waals surface area contributed by atoms with Gasteiger partial charge in [0.25, 0.3) is 0 Å². The van der Waals surface area contributed by atoms with E-state index in [4.69, 9.17) is 4.74 Å². The van der Waals surface area contributed by atoms with Crippen molar-refractivity contribution in [1.29, 1.82) is 0 Å². The van der Waals surface area contributed by atoms with Gasteiger partial charge in [-0.15, -0.1) is 0 Å². The van der Waals surface area contributed by atoms with Gasteiger partial charge >= 0.3 is 5.97 Å². The van der Waals surface area contributed by atoms with Crippen LogP contribution < -0.4 is 5.32 Å². The maximum Gasteiger partial charge on any atom is 0.333 e. The van der Waals surface area contributed by atoms with Crippen molar-refractivity contribution >= 4 is 11.9 Å². The van der Waals surface area contributed by atoms with Gasteiger partial charge in [-0.05, 0) is 27.7 Å². The molecule has 1 amide bonds. The van der Waals surface area contributed by atoms with E-state index in [1.54, 1.807) is 27.7 Å². The minimum atomic E-state index is -0.510. The zero-order valence-electron chi connectivity index (χ0n) is 9.30. The van der Waals surface area contributed by atoms with Crippen LogP contribution in [-0.2, 0) is 14.3 Å². The van der Waals surface area contributed by atoms with Crippen LogP contribution in [-0.4, -0.2) is 17.5 Å². The highest BCUT2D eigenvalue weighted by molar-refractivity contribution is 5.84. The van der Waals surface area contributed by atoms with Gasteiger partial charge in [-0.1, -0.05) is 0 Å². The van der Waals surface area contributed by atoms with Gasteiger partial charge in [-0.2, -0.15) is 0 Å². The zero-order valence-corrected chi connectivity index (χ0v) is 9.30. The SMILES string of the molecule is CC(=O)NC(C)=CC(=O)OC(C)(C)C. The highest BCUT2D eigenvalue weighted by Gasteiger charge is 2.14. The van der Waals surface area contributed by atoms with E-state index in [0.717, 1.165) is 0 Å². The van der Waals surface area contributed by atoms with E-state index in [2.05, 4.69) is 5.32 Å². The van der Waals surface area contributed by atoms with E-state index in [1.165, 1.54) is 13.0 Å². The zero-order chi connectivity index (χ0) is 11.4. The topological polar surface area (TPSA) is 55.4 Å². The highest BCUT2D eigenvalue weighted by atomic mass is 16.6. The van der Waals surface area contributed by atoms with Crippen molar-refractivity contribution in [1.82, 2.24) is 5.32 Å². The van der Waals surface area contributed by atoms with Crippen molar-refractivity contribution in [3.05, 3.63) is 11.8 Å². The molecule has 0 saturated carbocycles. The summed E-state index contributed by atoms with van der Waals surface area (Å²) < 4.78 is 5.02. The molecule has 0 spiro atoms. The summed E-state index contributed by atoms with van der Waals surface area (Å²) >= 11 is 0. The Morgan fingerprint density at radius 2 is 1.71 bits per heavy atom. The largest absolute Gasteiger partial charge is 0.457 e. The van der Waals surface area contributed by atoms with Crippen LogP contribution in [0.15, 0.2) is 11.8 Å². The summed E-state index contributed by atoms with van der Waals surface area (Å²) in [5.74, 6) is -0.661. The first-order valence-electron chi connectivity index (χ1n) is 4.39. The lowest BCUT2D eigenvalue weighted by molar-refractivity contribution is -0.148. The van der Waals surface area contributed by atoms with Gasteiger partial charge in [0.1, 0.15) is 5.60 Å². The molecule has 0 rings (SSSR count). The molecule has 0 aliphatic rings. The molecule has 4 heteroatoms. The van der Waals surface area contributed by atoms with Crippen LogP contribution in [0.5, 0.6) is 0 Å². The fourth-order valence-corrected chi connectivity index (χ4v) is 0.822. The molecule has 0 saturated heterocycles. The molecule has 0 bridgehead atoms. The van der Waals surface area contributed by atoms with Crippen molar-refractivity contribution in [3.63, 3.8) is 0 Å². The van der Waals surface area contributed by atoms with Crippen LogP contribution in [0, 0.1) is 0 Å². The first kappa shape index (κ1) is 12.7. The quantitative estimate of drug-likeness (QED) is 0.539. The van der Waals surface area contributed by atoms with E-state index < -0.39 is 11.6 Å². The number of hydrogen-bond donors (Lipinski definition) is 1. The van der Waals surface area contributed by atoms with Crippen molar-refractivity contribution in [3.8, 4) is 0 Å². The predicted molar refractivity (Wildman–Crippen MR) is 53.4 cm³/mol. The van der Waals surface area contributed by atoms with Crippen LogP contribution in [0.4, 0.5) is 0 Å². The first-order valence-corrected chi connectivity index (χ1v) is 4.39. The van der Waals surface area contributed by atoms with Gasteiger partial charge in [0.2, 0.25) is 5.91 Å². The summed E-state index contributed by atoms with van der Waals surface area (Å²) in [7, 11) is 0. The number of allylic oxidation sites excluding steroid dienone is 1. The Labute approximate surface area is 84.3 Å². The minimum absolute atomic E-state index is 0.206. The molecule has 0 heterocycles. The second-order valence-corrected chi connectivity index (χ2v) is 4.04. The molecule has 0 aliphatic heterocycles. The van der Waals surface area contributed by atoms with Crippen LogP contribution in [0.1, 0.15) is 34.6 Å². The van der Waals surface area contributed by atoms with Crippen molar-refractivity contribution in [2.45, 2.75) is 40.2 Å². The molecule has 4 nitrogen and oxygen atoms in total. The maximum atomic E-state index is 11.2. The Morgan fingerprint density at radius 1 is 1.21 bits per heavy atom. The molecule has 0 atom stereocenters. The molecule has 0 fully saturated rings. The van der Waals surface area contributed by atoms with Gasteiger partial charge in [0.05, 0.1) is 0 Å². The lowest BCUT2D eigenvalue weighted by atomic mass is 10.2. The van der Waals surface area contributed by atoms with E-state index in [-0.39, 0.29) is 5.91 Å². The second-order valence-electron chi connectivity index (χ2n) is 4.04. The monoisotopic (exact) mass is 199 g/mol. The Bertz CT molecular complexity index is 261. The number of hydrogen-bond acceptors (Lipinski definition) is 3. The average Bonchev–Trinajstić information content (AvgIpc) is 1.77. The maximum absolute atomic E-state index is 11.2. The van der Waals surface area contributed by atoms with Gasteiger partial charge in [-0.3, -0.25) is 4.79 Å². The fourth-order valence-electron chi connectivity index (χ4n) is 0.822. The second kappa shape index (κ2) is 4.79. The lowest BCUT2D eigenvalue weighted by Crippen LogP contribution is -2.24. The van der Waals surface area contributed by atoms with E-state index >= 15 is 0 Å². The molecule has 0 aromatic carbocycles. The first-order chi connectivity index (χ1) is 6.20. The normalized spacial score (nSPS) is 12.2. The van der Waals surface area contributed by atoms with Crippen LogP contribution in [0.25, 0.3) is 0 Å². The lowest BCUT2D eigenvalue weighted by Gasteiger charge is -2.18. The Hall–Kier alpha value is -1.32. The Morgan fingerprint density at radius 3 is 2.07 bits per heavy atom. The smallest absolute Gasteiger partial charge is 0.333 e. The number of carbonyl (C=O) groups is 2. The van der Waals surface area contributed by atoms with E-state index in [0.29, 0.717) is 5.70 Å². The standard InChI is InChI=1S/C10H17NO3/c1-7(11-8(2)12)6-9(13)14-10(3,4)5/h6H,1-5H3,(H,11,12). The average molecular weight is 199 g/mol. The summed E-state index contributed by atoms with van der Waals surface area (Å²) in [6.07, 6.45) is 1.26. The molecule has 14 heavy (non-hydrogen) atoms. The van der Waals surface area contributed by atoms with Crippen molar-refractivity contribution in [2.75, 3.05) is 0 Å². The Kier molecular flexibility index (Phi) is 4.34. The summed E-state index contributed by atoms with van der Waals surface area (Å²) in [4.78, 5) is 21.8. The molecular weight excluding hydrogens is 182 g/mol. The molecule has 0 aromatic heterocycles. The summed E-state index contributed by atoms with van der Waals surface area (Å²) in [6.45, 7) is 8.36. The van der Waals surface area contributed by atoms with Gasteiger partial charge < -0.3 is 10.1 Å². The summed E-state index contributed by atoms with van der Waals surface area (Å²) in [6, 6.07) is 0. The molecular formula is C10H17NO3. The van der Waals surface area contributed by atoms with Gasteiger partial charge in [0.15, 0.2) is 0 Å². The van der Waals surface area contributed by atoms with Crippen LogP contribution in [0.3, 0.4) is 0 Å². The van der Waals surface area contributed by atoms with Gasteiger partial charge in [0, 0.05) is 18.7 Å². The highest BCUT2D eigenvalue weighted by Crippen LogP contribution is 2.07. The molecule has 0 unspecified atom stereocenters. The van der Waals surface area contributed by atoms with Crippen molar-refractivity contribution in [2.24, 2.45) is 0 Å². The van der Waals surface area contributed by atoms with Gasteiger partial charge in [-0.25, -0.2) is 4.79 Å². The number of nitrogens with one attached hydrogen (secondary N) is 1. The molecule has 0 aromatic rings. The molecule has 0 radical (unpaired) electrons. The molecule has 0 aliphatic carbocycles. The van der Waals surface area contributed by atoms with Crippen molar-refractivity contribution < 1.29 is 14.3 Å². The third kappa shape index (κ3) is 7.34. The Balaban J connectivity index is 4.23. The number of esters is 1. The number of amides is 1. The summed E-state index contributed by atoms with van der Waals surface area (Å²) in [5, 5.41) is 2.48. The van der Waals surface area contributed by atoms with Crippen LogP contribution in [0.2, 0.25) is 0 Å². The summed E-state index contributed by atoms with van der Waals surface area (Å²) in [5.41, 5.74) is -0.0314. The third-order valence-electron chi connectivity index (χ3n) is 1.11. The molecule has 1 N–H and O–H groups in total. The number of carbonyl (C=O) groups excluding carboxylic acids is 2. The van der Waals surface area contributed by atoms with E-state index in [1.807, 2.05) is 0 Å². The number of ether oxygens (including phenoxy) is 1. The van der Waals surface area contributed by atoms with E-state index in [9.17, 15) is 9.59 Å². The minimum Gasteiger partial charge on any atom is -0.457 e. The fraction of sp³-hybridized carbons (Fsp3) is 0.600. The molecule has 80 valence electrons. The predicted octanol–water partition coefficient (Wildman–Crippen LogP) is 1.37.